The van der Waals surface area contributed by atoms with Gasteiger partial charge in [-0.05, 0) is 73.2 Å². The van der Waals surface area contributed by atoms with E-state index in [1.807, 2.05) is 0 Å². The molecule has 0 aromatic carbocycles. The molecule has 2 N–H and O–H groups in total. The van der Waals surface area contributed by atoms with Gasteiger partial charge in [0.25, 0.3) is 0 Å². The van der Waals surface area contributed by atoms with Crippen LogP contribution in [0, 0.1) is 28.6 Å². The van der Waals surface area contributed by atoms with E-state index in [2.05, 4.69) is 26.0 Å². The Morgan fingerprint density at radius 3 is 2.67 bits per heavy atom. The van der Waals surface area contributed by atoms with Crippen molar-refractivity contribution >= 4 is 0 Å². The molecule has 0 spiro atoms. The minimum Gasteiger partial charge on any atom is -0.362 e. The molecule has 2 fully saturated rings. The molecule has 0 heterocycles. The molecule has 0 aromatic heterocycles. The van der Waals surface area contributed by atoms with Crippen molar-refractivity contribution in [3.05, 3.63) is 23.8 Å². The van der Waals surface area contributed by atoms with Crippen LogP contribution in [0.4, 0.5) is 0 Å². The third-order valence-electron chi connectivity index (χ3n) is 7.48. The fourth-order valence-electron chi connectivity index (χ4n) is 6.19. The van der Waals surface area contributed by atoms with Crippen molar-refractivity contribution < 1.29 is 10.2 Å². The van der Waals surface area contributed by atoms with E-state index in [9.17, 15) is 10.2 Å². The third kappa shape index (κ3) is 1.91. The molecular weight excluding hydrogens is 260 g/mol. The van der Waals surface area contributed by atoms with E-state index in [-0.39, 0.29) is 5.41 Å². The Hall–Kier alpha value is -0.600. The van der Waals surface area contributed by atoms with Crippen LogP contribution in [0.5, 0.6) is 0 Å². The second kappa shape index (κ2) is 4.23. The average Bonchev–Trinajstić information content (AvgIpc) is 2.81. The van der Waals surface area contributed by atoms with Gasteiger partial charge in [-0.15, -0.1) is 0 Å². The van der Waals surface area contributed by atoms with Crippen LogP contribution in [0.2, 0.25) is 0 Å². The van der Waals surface area contributed by atoms with Gasteiger partial charge >= 0.3 is 0 Å². The van der Waals surface area contributed by atoms with Crippen molar-refractivity contribution in [1.29, 1.82) is 0 Å². The summed E-state index contributed by atoms with van der Waals surface area (Å²) in [6.45, 7) is 4.86. The van der Waals surface area contributed by atoms with Gasteiger partial charge in [0, 0.05) is 6.42 Å². The van der Waals surface area contributed by atoms with Crippen LogP contribution in [0.15, 0.2) is 23.8 Å². The lowest BCUT2D eigenvalue weighted by Crippen LogP contribution is -2.50. The zero-order valence-electron chi connectivity index (χ0n) is 13.3. The molecular formula is C19H28O2. The van der Waals surface area contributed by atoms with Gasteiger partial charge in [-0.2, -0.15) is 0 Å². The van der Waals surface area contributed by atoms with Gasteiger partial charge in [-0.25, -0.2) is 0 Å². The van der Waals surface area contributed by atoms with Gasteiger partial charge in [0.05, 0.1) is 0 Å². The summed E-state index contributed by atoms with van der Waals surface area (Å²) in [6, 6.07) is 0. The van der Waals surface area contributed by atoms with Crippen molar-refractivity contribution in [3.63, 3.8) is 0 Å². The predicted molar refractivity (Wildman–Crippen MR) is 83.4 cm³/mol. The molecule has 5 atom stereocenters. The quantitative estimate of drug-likeness (QED) is 0.526. The van der Waals surface area contributed by atoms with Crippen molar-refractivity contribution in [2.75, 3.05) is 0 Å². The van der Waals surface area contributed by atoms with E-state index in [4.69, 9.17) is 0 Å². The van der Waals surface area contributed by atoms with Gasteiger partial charge in [-0.3, -0.25) is 0 Å². The number of fused-ring (bicyclic) bond motifs is 5. The van der Waals surface area contributed by atoms with E-state index < -0.39 is 5.79 Å². The molecule has 0 saturated heterocycles. The molecule has 0 unspecified atom stereocenters. The summed E-state index contributed by atoms with van der Waals surface area (Å²) < 4.78 is 0. The summed E-state index contributed by atoms with van der Waals surface area (Å²) in [5.74, 6) is 0.835. The Balaban J connectivity index is 1.69. The summed E-state index contributed by atoms with van der Waals surface area (Å²) in [5.41, 5.74) is 1.97. The molecule has 0 aliphatic heterocycles. The van der Waals surface area contributed by atoms with Gasteiger partial charge in [0.1, 0.15) is 0 Å². The second-order valence-electron chi connectivity index (χ2n) is 8.56. The Kier molecular flexibility index (Phi) is 2.83. The normalized spacial score (nSPS) is 50.9. The summed E-state index contributed by atoms with van der Waals surface area (Å²) >= 11 is 0. The predicted octanol–water partition coefficient (Wildman–Crippen LogP) is 3.80. The standard InChI is InChI=1S/C19H28O2/c1-17-8-3-4-15(17)14-6-5-13-12-19(20,21)11-10-18(13,2)16(14)7-9-17/h3,8,12,14-16,20-21H,4-7,9-11H2,1-2H3/t14-,15-,16-,17-,18-/m0/s1. The highest BCUT2D eigenvalue weighted by molar-refractivity contribution is 5.27. The summed E-state index contributed by atoms with van der Waals surface area (Å²) in [6.07, 6.45) is 14.3. The first-order valence-electron chi connectivity index (χ1n) is 8.69. The Labute approximate surface area is 127 Å². The average molecular weight is 288 g/mol. The van der Waals surface area contributed by atoms with Crippen molar-refractivity contribution in [1.82, 2.24) is 0 Å². The molecule has 2 saturated carbocycles. The molecule has 0 bridgehead atoms. The largest absolute Gasteiger partial charge is 0.362 e. The summed E-state index contributed by atoms with van der Waals surface area (Å²) in [4.78, 5) is 0. The van der Waals surface area contributed by atoms with Crippen LogP contribution < -0.4 is 0 Å². The van der Waals surface area contributed by atoms with Crippen molar-refractivity contribution in [3.8, 4) is 0 Å². The van der Waals surface area contributed by atoms with Gasteiger partial charge in [-0.1, -0.05) is 31.6 Å². The number of hydrogen-bond acceptors (Lipinski definition) is 2. The lowest BCUT2D eigenvalue weighted by atomic mass is 9.47. The maximum atomic E-state index is 9.98. The Bertz CT molecular complexity index is 518. The molecule has 0 aromatic rings. The van der Waals surface area contributed by atoms with E-state index >= 15 is 0 Å². The number of allylic oxidation sites excluding steroid dienone is 3. The smallest absolute Gasteiger partial charge is 0.182 e. The first-order valence-corrected chi connectivity index (χ1v) is 8.69. The zero-order chi connectivity index (χ0) is 14.9. The minimum absolute atomic E-state index is 0.210. The van der Waals surface area contributed by atoms with Crippen molar-refractivity contribution in [2.45, 2.75) is 64.6 Å². The fourth-order valence-corrected chi connectivity index (χ4v) is 6.19. The molecule has 2 nitrogen and oxygen atoms in total. The lowest BCUT2D eigenvalue weighted by molar-refractivity contribution is -0.145. The van der Waals surface area contributed by atoms with Crippen LogP contribution in [0.1, 0.15) is 58.8 Å². The van der Waals surface area contributed by atoms with Gasteiger partial charge < -0.3 is 10.2 Å². The maximum Gasteiger partial charge on any atom is 0.182 e. The van der Waals surface area contributed by atoms with Crippen LogP contribution in [0.25, 0.3) is 0 Å². The third-order valence-corrected chi connectivity index (χ3v) is 7.48. The highest BCUT2D eigenvalue weighted by Gasteiger charge is 2.55. The molecule has 4 aliphatic rings. The van der Waals surface area contributed by atoms with Crippen LogP contribution in [0.3, 0.4) is 0 Å². The lowest BCUT2D eigenvalue weighted by Gasteiger charge is -2.58. The van der Waals surface area contributed by atoms with Gasteiger partial charge in [0.2, 0.25) is 0 Å². The van der Waals surface area contributed by atoms with Crippen molar-refractivity contribution in [2.24, 2.45) is 28.6 Å². The van der Waals surface area contributed by atoms with E-state index in [0.29, 0.717) is 11.8 Å². The van der Waals surface area contributed by atoms with Crippen LogP contribution in [-0.2, 0) is 0 Å². The SMILES string of the molecule is C[C@@]12C=CC[C@H]1[C@@H]1CCC3=CC(O)(O)CC[C@]3(C)[C@H]1CC2. The number of rotatable bonds is 0. The molecule has 116 valence electrons. The fraction of sp³-hybridized carbons (Fsp3) is 0.789. The maximum absolute atomic E-state index is 9.98. The molecule has 4 rings (SSSR count). The van der Waals surface area contributed by atoms with Gasteiger partial charge in [0.15, 0.2) is 5.79 Å². The van der Waals surface area contributed by atoms with Crippen LogP contribution >= 0.6 is 0 Å². The first kappa shape index (κ1) is 14.0. The zero-order valence-corrected chi connectivity index (χ0v) is 13.3. The Morgan fingerprint density at radius 2 is 1.86 bits per heavy atom. The summed E-state index contributed by atoms with van der Waals surface area (Å²) in [5, 5.41) is 20.0. The summed E-state index contributed by atoms with van der Waals surface area (Å²) in [7, 11) is 0. The van der Waals surface area contributed by atoms with E-state index in [1.54, 1.807) is 6.08 Å². The molecule has 21 heavy (non-hydrogen) atoms. The Morgan fingerprint density at radius 1 is 1.05 bits per heavy atom. The highest BCUT2D eigenvalue weighted by atomic mass is 16.5. The number of aliphatic hydroxyl groups is 2. The minimum atomic E-state index is -1.56. The molecule has 0 radical (unpaired) electrons. The highest BCUT2D eigenvalue weighted by Crippen LogP contribution is 2.64. The molecule has 2 heteroatoms. The first-order chi connectivity index (χ1) is 9.84. The monoisotopic (exact) mass is 288 g/mol. The van der Waals surface area contributed by atoms with Crippen LogP contribution in [-0.4, -0.2) is 16.0 Å². The number of hydrogen-bond donors (Lipinski definition) is 2. The molecule has 4 aliphatic carbocycles. The topological polar surface area (TPSA) is 40.5 Å². The molecule has 0 amide bonds. The van der Waals surface area contributed by atoms with E-state index in [1.165, 1.54) is 31.3 Å². The van der Waals surface area contributed by atoms with E-state index in [0.717, 1.165) is 30.6 Å². The second-order valence-corrected chi connectivity index (χ2v) is 8.56.